The van der Waals surface area contributed by atoms with Crippen molar-refractivity contribution in [2.75, 3.05) is 0 Å². The largest absolute Gasteiger partial charge is 0.310 e. The average molecular weight is 270 g/mol. The molecule has 0 unspecified atom stereocenters. The maximum atomic E-state index is 3.56. The van der Waals surface area contributed by atoms with Gasteiger partial charge in [-0.2, -0.15) is 0 Å². The lowest BCUT2D eigenvalue weighted by Gasteiger charge is -2.20. The number of hydrogen-bond acceptors (Lipinski definition) is 1. The molecule has 0 aliphatic carbocycles. The zero-order chi connectivity index (χ0) is 11.3. The number of benzene rings is 1. The molecule has 0 fully saturated rings. The molecule has 0 radical (unpaired) electrons. The van der Waals surface area contributed by atoms with Crippen LogP contribution in [0.3, 0.4) is 0 Å². The van der Waals surface area contributed by atoms with Crippen LogP contribution in [0.2, 0.25) is 0 Å². The molecular weight excluding hydrogens is 250 g/mol. The summed E-state index contributed by atoms with van der Waals surface area (Å²) >= 11 is 3.56. The number of rotatable bonds is 5. The van der Waals surface area contributed by atoms with Gasteiger partial charge in [-0.15, -0.1) is 0 Å². The standard InChI is InChI=1S/C13H20BrN/c1-4-10(2)11(3)15-9-12-7-5-6-8-13(12)14/h5-8,10-11,15H,4,9H2,1-3H3/t10-,11-/m1/s1. The lowest BCUT2D eigenvalue weighted by molar-refractivity contribution is 0.389. The molecule has 15 heavy (non-hydrogen) atoms. The normalized spacial score (nSPS) is 14.9. The van der Waals surface area contributed by atoms with Gasteiger partial charge in [-0.25, -0.2) is 0 Å². The molecule has 1 aromatic rings. The van der Waals surface area contributed by atoms with Gasteiger partial charge in [0.15, 0.2) is 0 Å². The molecule has 2 atom stereocenters. The van der Waals surface area contributed by atoms with Gasteiger partial charge in [0.2, 0.25) is 0 Å². The second kappa shape index (κ2) is 6.29. The van der Waals surface area contributed by atoms with E-state index >= 15 is 0 Å². The molecule has 2 heteroatoms. The lowest BCUT2D eigenvalue weighted by Crippen LogP contribution is -2.31. The Bertz CT molecular complexity index is 298. The fourth-order valence-electron chi connectivity index (χ4n) is 1.47. The Morgan fingerprint density at radius 2 is 1.93 bits per heavy atom. The highest BCUT2D eigenvalue weighted by Crippen LogP contribution is 2.16. The van der Waals surface area contributed by atoms with Crippen LogP contribution in [0.4, 0.5) is 0 Å². The molecule has 84 valence electrons. The monoisotopic (exact) mass is 269 g/mol. The smallest absolute Gasteiger partial charge is 0.0220 e. The molecule has 0 bridgehead atoms. The summed E-state index contributed by atoms with van der Waals surface area (Å²) in [6.07, 6.45) is 1.23. The van der Waals surface area contributed by atoms with Gasteiger partial charge < -0.3 is 5.32 Å². The Kier molecular flexibility index (Phi) is 5.34. The first-order valence-corrected chi connectivity index (χ1v) is 6.41. The van der Waals surface area contributed by atoms with E-state index < -0.39 is 0 Å². The maximum absolute atomic E-state index is 3.56. The third-order valence-corrected chi connectivity index (χ3v) is 3.84. The Morgan fingerprint density at radius 1 is 1.27 bits per heavy atom. The Labute approximate surface area is 101 Å². The van der Waals surface area contributed by atoms with Gasteiger partial charge in [-0.1, -0.05) is 54.4 Å². The minimum atomic E-state index is 0.571. The fraction of sp³-hybridized carbons (Fsp3) is 0.538. The molecule has 1 N–H and O–H groups in total. The van der Waals surface area contributed by atoms with E-state index in [1.165, 1.54) is 16.5 Å². The van der Waals surface area contributed by atoms with E-state index in [2.05, 4.69) is 60.2 Å². The van der Waals surface area contributed by atoms with Crippen molar-refractivity contribution < 1.29 is 0 Å². The van der Waals surface area contributed by atoms with Crippen molar-refractivity contribution in [3.8, 4) is 0 Å². The summed E-state index contributed by atoms with van der Waals surface area (Å²) in [4.78, 5) is 0. The van der Waals surface area contributed by atoms with Crippen LogP contribution in [0, 0.1) is 5.92 Å². The summed E-state index contributed by atoms with van der Waals surface area (Å²) in [5.74, 6) is 0.729. The van der Waals surface area contributed by atoms with Crippen LogP contribution in [0.1, 0.15) is 32.8 Å². The summed E-state index contributed by atoms with van der Waals surface area (Å²) in [5.41, 5.74) is 1.33. The van der Waals surface area contributed by atoms with E-state index in [0.29, 0.717) is 6.04 Å². The van der Waals surface area contributed by atoms with Crippen molar-refractivity contribution in [1.29, 1.82) is 0 Å². The van der Waals surface area contributed by atoms with Gasteiger partial charge in [0.1, 0.15) is 0 Å². The first-order valence-electron chi connectivity index (χ1n) is 5.62. The summed E-state index contributed by atoms with van der Waals surface area (Å²) in [6.45, 7) is 7.72. The second-order valence-electron chi connectivity index (χ2n) is 4.15. The number of hydrogen-bond donors (Lipinski definition) is 1. The van der Waals surface area contributed by atoms with Gasteiger partial charge in [0.05, 0.1) is 0 Å². The molecular formula is C13H20BrN. The Morgan fingerprint density at radius 3 is 2.53 bits per heavy atom. The van der Waals surface area contributed by atoms with Gasteiger partial charge in [0.25, 0.3) is 0 Å². The van der Waals surface area contributed by atoms with E-state index in [1.54, 1.807) is 0 Å². The zero-order valence-corrected chi connectivity index (χ0v) is 11.3. The summed E-state index contributed by atoms with van der Waals surface area (Å²) < 4.78 is 1.19. The highest BCUT2D eigenvalue weighted by Gasteiger charge is 2.09. The highest BCUT2D eigenvalue weighted by atomic mass is 79.9. The lowest BCUT2D eigenvalue weighted by atomic mass is 10.0. The molecule has 0 amide bonds. The summed E-state index contributed by atoms with van der Waals surface area (Å²) in [6, 6.07) is 8.94. The van der Waals surface area contributed by atoms with Crippen LogP contribution in [0.25, 0.3) is 0 Å². The van der Waals surface area contributed by atoms with Crippen LogP contribution < -0.4 is 5.32 Å². The second-order valence-corrected chi connectivity index (χ2v) is 5.00. The van der Waals surface area contributed by atoms with E-state index in [-0.39, 0.29) is 0 Å². The SMILES string of the molecule is CC[C@@H](C)[C@@H](C)NCc1ccccc1Br. The first-order chi connectivity index (χ1) is 7.15. The maximum Gasteiger partial charge on any atom is 0.0220 e. The van der Waals surface area contributed by atoms with Crippen LogP contribution in [-0.4, -0.2) is 6.04 Å². The van der Waals surface area contributed by atoms with Crippen molar-refractivity contribution in [3.05, 3.63) is 34.3 Å². The van der Waals surface area contributed by atoms with Gasteiger partial charge in [-0.05, 0) is 24.5 Å². The minimum absolute atomic E-state index is 0.571. The zero-order valence-electron chi connectivity index (χ0n) is 9.76. The van der Waals surface area contributed by atoms with Crippen molar-refractivity contribution >= 4 is 15.9 Å². The fourth-order valence-corrected chi connectivity index (χ4v) is 1.89. The third kappa shape index (κ3) is 3.96. The van der Waals surface area contributed by atoms with E-state index in [4.69, 9.17) is 0 Å². The molecule has 0 aromatic heterocycles. The Hall–Kier alpha value is -0.340. The molecule has 1 aromatic carbocycles. The molecule has 0 heterocycles. The van der Waals surface area contributed by atoms with Gasteiger partial charge in [0, 0.05) is 17.1 Å². The molecule has 0 saturated carbocycles. The molecule has 1 nitrogen and oxygen atoms in total. The predicted molar refractivity (Wildman–Crippen MR) is 69.9 cm³/mol. The number of nitrogens with one attached hydrogen (secondary N) is 1. The molecule has 0 spiro atoms. The topological polar surface area (TPSA) is 12.0 Å². The van der Waals surface area contributed by atoms with Crippen LogP contribution >= 0.6 is 15.9 Å². The third-order valence-electron chi connectivity index (χ3n) is 3.07. The van der Waals surface area contributed by atoms with Gasteiger partial charge >= 0.3 is 0 Å². The van der Waals surface area contributed by atoms with E-state index in [1.807, 2.05) is 6.07 Å². The minimum Gasteiger partial charge on any atom is -0.310 e. The quantitative estimate of drug-likeness (QED) is 0.853. The highest BCUT2D eigenvalue weighted by molar-refractivity contribution is 9.10. The van der Waals surface area contributed by atoms with Crippen LogP contribution in [0.5, 0.6) is 0 Å². The molecule has 0 aliphatic rings. The summed E-state index contributed by atoms with van der Waals surface area (Å²) in [5, 5.41) is 3.56. The average Bonchev–Trinajstić information content (AvgIpc) is 2.26. The van der Waals surface area contributed by atoms with Gasteiger partial charge in [-0.3, -0.25) is 0 Å². The molecule has 1 rings (SSSR count). The Balaban J connectivity index is 2.47. The predicted octanol–water partition coefficient (Wildman–Crippen LogP) is 3.97. The van der Waals surface area contributed by atoms with Crippen LogP contribution in [-0.2, 0) is 6.54 Å². The first kappa shape index (κ1) is 12.7. The van der Waals surface area contributed by atoms with Crippen molar-refractivity contribution in [1.82, 2.24) is 5.32 Å². The van der Waals surface area contributed by atoms with Crippen molar-refractivity contribution in [3.63, 3.8) is 0 Å². The molecule has 0 saturated heterocycles. The molecule has 0 aliphatic heterocycles. The van der Waals surface area contributed by atoms with Crippen LogP contribution in [0.15, 0.2) is 28.7 Å². The van der Waals surface area contributed by atoms with E-state index in [0.717, 1.165) is 12.5 Å². The van der Waals surface area contributed by atoms with Crippen molar-refractivity contribution in [2.45, 2.75) is 39.8 Å². The van der Waals surface area contributed by atoms with Crippen molar-refractivity contribution in [2.24, 2.45) is 5.92 Å². The number of halogens is 1. The van der Waals surface area contributed by atoms with E-state index in [9.17, 15) is 0 Å². The summed E-state index contributed by atoms with van der Waals surface area (Å²) in [7, 11) is 0.